The molecule has 2 saturated carbocycles. The largest absolute Gasteiger partial charge is 0.496 e. The normalized spacial score (nSPS) is 27.2. The molecule has 0 heterocycles. The third-order valence-corrected chi connectivity index (χ3v) is 3.96. The van der Waals surface area contributed by atoms with Crippen LogP contribution in [0.3, 0.4) is 0 Å². The van der Waals surface area contributed by atoms with Crippen molar-refractivity contribution in [3.63, 3.8) is 0 Å². The molecule has 84 valence electrons. The van der Waals surface area contributed by atoms with E-state index in [0.29, 0.717) is 0 Å². The first-order valence-electron chi connectivity index (χ1n) is 6.25. The highest BCUT2D eigenvalue weighted by Crippen LogP contribution is 2.57. The fourth-order valence-corrected chi connectivity index (χ4v) is 3.15. The van der Waals surface area contributed by atoms with E-state index >= 15 is 0 Å². The Hall–Kier alpha value is -1.24. The van der Waals surface area contributed by atoms with Gasteiger partial charge in [-0.15, -0.1) is 0 Å². The molecule has 2 aliphatic rings. The summed E-state index contributed by atoms with van der Waals surface area (Å²) in [6.07, 6.45) is 5.55. The zero-order chi connectivity index (χ0) is 11.0. The Labute approximate surface area is 97.1 Å². The quantitative estimate of drug-likeness (QED) is 0.679. The summed E-state index contributed by atoms with van der Waals surface area (Å²) < 4.78 is 5.63. The molecule has 0 N–H and O–H groups in total. The minimum Gasteiger partial charge on any atom is -0.496 e. The molecule has 0 aliphatic heterocycles. The predicted molar refractivity (Wildman–Crippen MR) is 65.8 cm³/mol. The van der Waals surface area contributed by atoms with Gasteiger partial charge < -0.3 is 4.74 Å². The maximum Gasteiger partial charge on any atom is 0.125 e. The second-order valence-corrected chi connectivity index (χ2v) is 4.85. The standard InChI is InChI=1S/C15H18O/c1-16-15(11-7-3-2-4-8-11)14-12-9-5-6-10-13(12)14/h2-4,7-8,12-13H,5-6,9-10H2,1H3. The number of allylic oxidation sites excluding steroid dienone is 1. The molecule has 0 saturated heterocycles. The van der Waals surface area contributed by atoms with Crippen LogP contribution in [0.15, 0.2) is 35.9 Å². The number of rotatable bonds is 2. The van der Waals surface area contributed by atoms with E-state index in [9.17, 15) is 0 Å². The summed E-state index contributed by atoms with van der Waals surface area (Å²) in [6.45, 7) is 0. The molecular weight excluding hydrogens is 196 g/mol. The summed E-state index contributed by atoms with van der Waals surface area (Å²) in [5.74, 6) is 2.82. The van der Waals surface area contributed by atoms with Crippen LogP contribution in [0.4, 0.5) is 0 Å². The minimum absolute atomic E-state index is 0.837. The Morgan fingerprint density at radius 2 is 1.69 bits per heavy atom. The lowest BCUT2D eigenvalue weighted by molar-refractivity contribution is 0.368. The van der Waals surface area contributed by atoms with Crippen molar-refractivity contribution in [1.29, 1.82) is 0 Å². The molecule has 0 aromatic heterocycles. The van der Waals surface area contributed by atoms with Gasteiger partial charge in [-0.2, -0.15) is 0 Å². The second-order valence-electron chi connectivity index (χ2n) is 4.85. The van der Waals surface area contributed by atoms with Crippen molar-refractivity contribution in [2.24, 2.45) is 11.8 Å². The summed E-state index contributed by atoms with van der Waals surface area (Å²) in [6, 6.07) is 10.5. The summed E-state index contributed by atoms with van der Waals surface area (Å²) in [4.78, 5) is 0. The smallest absolute Gasteiger partial charge is 0.125 e. The van der Waals surface area contributed by atoms with Gasteiger partial charge in [-0.1, -0.05) is 43.2 Å². The molecule has 3 rings (SSSR count). The molecule has 1 aromatic rings. The Morgan fingerprint density at radius 1 is 1.06 bits per heavy atom. The molecule has 2 aliphatic carbocycles. The molecule has 1 heteroatoms. The van der Waals surface area contributed by atoms with Crippen molar-refractivity contribution in [3.8, 4) is 0 Å². The lowest BCUT2D eigenvalue weighted by atomic mass is 10.0. The molecule has 2 unspecified atom stereocenters. The van der Waals surface area contributed by atoms with E-state index < -0.39 is 0 Å². The lowest BCUT2D eigenvalue weighted by Gasteiger charge is -2.05. The number of hydrogen-bond donors (Lipinski definition) is 0. The molecular formula is C15H18O. The molecule has 0 radical (unpaired) electrons. The van der Waals surface area contributed by atoms with Crippen LogP contribution in [0.5, 0.6) is 0 Å². The maximum absolute atomic E-state index is 5.63. The van der Waals surface area contributed by atoms with Gasteiger partial charge in [-0.3, -0.25) is 0 Å². The van der Waals surface area contributed by atoms with Gasteiger partial charge in [-0.05, 0) is 30.3 Å². The van der Waals surface area contributed by atoms with E-state index in [1.807, 2.05) is 0 Å². The van der Waals surface area contributed by atoms with Crippen LogP contribution in [0.25, 0.3) is 5.76 Å². The maximum atomic E-state index is 5.63. The van der Waals surface area contributed by atoms with E-state index in [0.717, 1.165) is 17.6 Å². The van der Waals surface area contributed by atoms with E-state index in [1.54, 1.807) is 12.7 Å². The van der Waals surface area contributed by atoms with E-state index in [-0.39, 0.29) is 0 Å². The number of hydrogen-bond acceptors (Lipinski definition) is 1. The van der Waals surface area contributed by atoms with Crippen LogP contribution < -0.4 is 0 Å². The zero-order valence-corrected chi connectivity index (χ0v) is 9.78. The summed E-state index contributed by atoms with van der Waals surface area (Å²) in [5.41, 5.74) is 2.83. The molecule has 1 aromatic carbocycles. The van der Waals surface area contributed by atoms with Gasteiger partial charge in [-0.25, -0.2) is 0 Å². The highest BCUT2D eigenvalue weighted by atomic mass is 16.5. The van der Waals surface area contributed by atoms with E-state index in [1.165, 1.54) is 31.2 Å². The van der Waals surface area contributed by atoms with Gasteiger partial charge in [0.2, 0.25) is 0 Å². The zero-order valence-electron chi connectivity index (χ0n) is 9.78. The van der Waals surface area contributed by atoms with Crippen molar-refractivity contribution >= 4 is 5.76 Å². The van der Waals surface area contributed by atoms with Crippen molar-refractivity contribution in [2.75, 3.05) is 7.11 Å². The van der Waals surface area contributed by atoms with Crippen molar-refractivity contribution in [2.45, 2.75) is 25.7 Å². The Bertz CT molecular complexity index is 391. The fourth-order valence-electron chi connectivity index (χ4n) is 3.15. The molecule has 2 atom stereocenters. The second kappa shape index (κ2) is 3.97. The van der Waals surface area contributed by atoms with Crippen LogP contribution >= 0.6 is 0 Å². The van der Waals surface area contributed by atoms with Crippen LogP contribution in [-0.2, 0) is 4.74 Å². The van der Waals surface area contributed by atoms with Crippen LogP contribution in [0, 0.1) is 11.8 Å². The van der Waals surface area contributed by atoms with Gasteiger partial charge in [0.05, 0.1) is 7.11 Å². The predicted octanol–water partition coefficient (Wildman–Crippen LogP) is 3.86. The topological polar surface area (TPSA) is 9.23 Å². The number of benzene rings is 1. The van der Waals surface area contributed by atoms with Gasteiger partial charge in [0.25, 0.3) is 0 Å². The Balaban J connectivity index is 1.95. The first-order chi connectivity index (χ1) is 7.92. The summed E-state index contributed by atoms with van der Waals surface area (Å²) in [5, 5.41) is 0. The molecule has 0 spiro atoms. The molecule has 0 amide bonds. The molecule has 2 fully saturated rings. The minimum atomic E-state index is 0.837. The first kappa shape index (κ1) is 9.95. The average molecular weight is 214 g/mol. The van der Waals surface area contributed by atoms with Gasteiger partial charge >= 0.3 is 0 Å². The van der Waals surface area contributed by atoms with E-state index in [4.69, 9.17) is 4.74 Å². The number of fused-ring (bicyclic) bond motifs is 1. The van der Waals surface area contributed by atoms with E-state index in [2.05, 4.69) is 30.3 Å². The Morgan fingerprint density at radius 3 is 2.25 bits per heavy atom. The molecule has 0 bridgehead atoms. The summed E-state index contributed by atoms with van der Waals surface area (Å²) >= 11 is 0. The highest BCUT2D eigenvalue weighted by Gasteiger charge is 2.47. The SMILES string of the molecule is COC(=C1C2CCCCC12)c1ccccc1. The average Bonchev–Trinajstić information content (AvgIpc) is 3.07. The molecule has 16 heavy (non-hydrogen) atoms. The monoisotopic (exact) mass is 214 g/mol. The van der Waals surface area contributed by atoms with Crippen molar-refractivity contribution in [3.05, 3.63) is 41.5 Å². The van der Waals surface area contributed by atoms with Crippen molar-refractivity contribution < 1.29 is 4.74 Å². The number of ether oxygens (including phenoxy) is 1. The fraction of sp³-hybridized carbons (Fsp3) is 0.467. The first-order valence-corrected chi connectivity index (χ1v) is 6.25. The van der Waals surface area contributed by atoms with Crippen LogP contribution in [-0.4, -0.2) is 7.11 Å². The summed E-state index contributed by atoms with van der Waals surface area (Å²) in [7, 11) is 1.81. The lowest BCUT2D eigenvalue weighted by Crippen LogP contribution is -1.91. The van der Waals surface area contributed by atoms with Gasteiger partial charge in [0.1, 0.15) is 5.76 Å². The van der Waals surface area contributed by atoms with Crippen LogP contribution in [0.2, 0.25) is 0 Å². The van der Waals surface area contributed by atoms with Crippen LogP contribution in [0.1, 0.15) is 31.2 Å². The third-order valence-electron chi connectivity index (χ3n) is 3.96. The van der Waals surface area contributed by atoms with Gasteiger partial charge in [0, 0.05) is 5.56 Å². The Kier molecular flexibility index (Phi) is 2.47. The third kappa shape index (κ3) is 1.55. The highest BCUT2D eigenvalue weighted by molar-refractivity contribution is 5.68. The number of methoxy groups -OCH3 is 1. The molecule has 1 nitrogen and oxygen atoms in total. The van der Waals surface area contributed by atoms with Crippen molar-refractivity contribution in [1.82, 2.24) is 0 Å². The van der Waals surface area contributed by atoms with Gasteiger partial charge in [0.15, 0.2) is 0 Å².